The van der Waals surface area contributed by atoms with Gasteiger partial charge in [-0.25, -0.2) is 9.97 Å². The number of aromatic nitrogens is 2. The zero-order valence-corrected chi connectivity index (χ0v) is 31.1. The van der Waals surface area contributed by atoms with Crippen molar-refractivity contribution in [3.8, 4) is 67.3 Å². The van der Waals surface area contributed by atoms with Gasteiger partial charge in [-0.1, -0.05) is 172 Å². The highest BCUT2D eigenvalue weighted by atomic mass is 16.3. The first-order valence-electron chi connectivity index (χ1n) is 19.2. The summed E-state index contributed by atoms with van der Waals surface area (Å²) in [5.41, 5.74) is 16.4. The van der Waals surface area contributed by atoms with E-state index in [0.717, 1.165) is 61.1 Å². The Kier molecular flexibility index (Phi) is 7.20. The molecule has 11 rings (SSSR count). The molecule has 0 saturated carbocycles. The summed E-state index contributed by atoms with van der Waals surface area (Å²) in [6.45, 7) is 4.71. The normalized spacial score (nSPS) is 13.0. The lowest BCUT2D eigenvalue weighted by Gasteiger charge is -2.22. The lowest BCUT2D eigenvalue weighted by atomic mass is 9.81. The molecule has 0 spiro atoms. The van der Waals surface area contributed by atoms with Crippen molar-refractivity contribution in [2.24, 2.45) is 0 Å². The Bertz CT molecular complexity index is 3150. The van der Waals surface area contributed by atoms with Crippen LogP contribution in [0.2, 0.25) is 0 Å². The molecule has 0 atom stereocenters. The minimum absolute atomic E-state index is 0.0952. The maximum atomic E-state index is 6.51. The van der Waals surface area contributed by atoms with E-state index in [1.807, 2.05) is 30.3 Å². The van der Waals surface area contributed by atoms with Crippen LogP contribution in [0.1, 0.15) is 25.0 Å². The predicted molar refractivity (Wildman–Crippen MR) is 232 cm³/mol. The summed E-state index contributed by atoms with van der Waals surface area (Å²) >= 11 is 0. The second kappa shape index (κ2) is 12.5. The molecule has 0 unspecified atom stereocenters. The van der Waals surface area contributed by atoms with E-state index in [1.54, 1.807) is 0 Å². The molecule has 3 heteroatoms. The molecule has 2 aromatic heterocycles. The lowest BCUT2D eigenvalue weighted by molar-refractivity contribution is 0.661. The average molecular weight is 717 g/mol. The second-order valence-electron chi connectivity index (χ2n) is 15.3. The Labute approximate surface area is 325 Å². The van der Waals surface area contributed by atoms with E-state index in [2.05, 4.69) is 166 Å². The Hall–Kier alpha value is -7.10. The smallest absolute Gasteiger partial charge is 0.160 e. The maximum Gasteiger partial charge on any atom is 0.160 e. The summed E-state index contributed by atoms with van der Waals surface area (Å²) in [5, 5.41) is 4.77. The molecule has 10 aromatic rings. The largest absolute Gasteiger partial charge is 0.455 e. The fourth-order valence-electron chi connectivity index (χ4n) is 8.88. The number of nitrogens with zero attached hydrogens (tertiary/aromatic N) is 2. The molecular formula is C53H36N2O. The molecule has 3 nitrogen and oxygen atoms in total. The lowest BCUT2D eigenvalue weighted by Crippen LogP contribution is -2.14. The van der Waals surface area contributed by atoms with Crippen LogP contribution in [0.3, 0.4) is 0 Å². The van der Waals surface area contributed by atoms with E-state index in [0.29, 0.717) is 5.82 Å². The van der Waals surface area contributed by atoms with Crippen molar-refractivity contribution in [2.75, 3.05) is 0 Å². The van der Waals surface area contributed by atoms with E-state index >= 15 is 0 Å². The summed E-state index contributed by atoms with van der Waals surface area (Å²) in [6.07, 6.45) is 0. The number of rotatable bonds is 5. The molecule has 0 amide bonds. The van der Waals surface area contributed by atoms with Crippen LogP contribution in [0.4, 0.5) is 0 Å². The standard InChI is InChI=1S/C53H36N2O/c1-53(2)45-24-13-21-38(50(45)44-30-36-16-6-7-17-37(36)31-46(44)53)33-26-28-34(29-27-33)47-32-48(55-52(54-47)35-14-4-3-5-15-35)40-19-9-8-18-39(40)42-22-12-23-43-41-20-10-11-25-49(41)56-51(42)43/h3-32H,1-2H3. The summed E-state index contributed by atoms with van der Waals surface area (Å²) < 4.78 is 6.51. The van der Waals surface area contributed by atoms with Gasteiger partial charge in [-0.2, -0.15) is 0 Å². The SMILES string of the molecule is CC1(C)c2cc3ccccc3cc2-c2c(-c3ccc(-c4cc(-c5ccccc5-c5cccc6c5oc5ccccc56)nc(-c5ccccc5)n4)cc3)cccc21. The van der Waals surface area contributed by atoms with Crippen LogP contribution in [0.15, 0.2) is 186 Å². The highest BCUT2D eigenvalue weighted by Gasteiger charge is 2.37. The van der Waals surface area contributed by atoms with Gasteiger partial charge in [-0.3, -0.25) is 0 Å². The van der Waals surface area contributed by atoms with Gasteiger partial charge in [0, 0.05) is 38.4 Å². The van der Waals surface area contributed by atoms with Gasteiger partial charge in [0.05, 0.1) is 11.4 Å². The third-order valence-corrected chi connectivity index (χ3v) is 11.7. The zero-order valence-electron chi connectivity index (χ0n) is 31.1. The van der Waals surface area contributed by atoms with Crippen molar-refractivity contribution < 1.29 is 4.42 Å². The molecule has 0 fully saturated rings. The van der Waals surface area contributed by atoms with Crippen LogP contribution >= 0.6 is 0 Å². The molecule has 2 heterocycles. The maximum absolute atomic E-state index is 6.51. The molecule has 264 valence electrons. The first-order valence-corrected chi connectivity index (χ1v) is 19.2. The molecule has 0 aliphatic heterocycles. The third-order valence-electron chi connectivity index (χ3n) is 11.7. The van der Waals surface area contributed by atoms with Crippen molar-refractivity contribution >= 4 is 32.7 Å². The summed E-state index contributed by atoms with van der Waals surface area (Å²) in [5.74, 6) is 0.686. The highest BCUT2D eigenvalue weighted by molar-refractivity contribution is 6.10. The molecule has 1 aliphatic rings. The van der Waals surface area contributed by atoms with Gasteiger partial charge in [0.25, 0.3) is 0 Å². The predicted octanol–water partition coefficient (Wildman–Crippen LogP) is 14.2. The average Bonchev–Trinajstić information content (AvgIpc) is 3.75. The van der Waals surface area contributed by atoms with Gasteiger partial charge in [-0.15, -0.1) is 0 Å². The Morgan fingerprint density at radius 1 is 0.411 bits per heavy atom. The minimum atomic E-state index is -0.0952. The Morgan fingerprint density at radius 3 is 1.88 bits per heavy atom. The number of fused-ring (bicyclic) bond motifs is 7. The third kappa shape index (κ3) is 5.05. The van der Waals surface area contributed by atoms with Gasteiger partial charge in [0.15, 0.2) is 5.82 Å². The second-order valence-corrected chi connectivity index (χ2v) is 15.3. The first-order chi connectivity index (χ1) is 27.5. The molecule has 0 bridgehead atoms. The van der Waals surface area contributed by atoms with Crippen LogP contribution in [-0.2, 0) is 5.41 Å². The van der Waals surface area contributed by atoms with Crippen molar-refractivity contribution in [2.45, 2.75) is 19.3 Å². The van der Waals surface area contributed by atoms with Crippen molar-refractivity contribution in [3.05, 3.63) is 193 Å². The van der Waals surface area contributed by atoms with E-state index in [1.165, 1.54) is 44.2 Å². The van der Waals surface area contributed by atoms with E-state index in [9.17, 15) is 0 Å². The minimum Gasteiger partial charge on any atom is -0.455 e. The van der Waals surface area contributed by atoms with E-state index in [4.69, 9.17) is 14.4 Å². The zero-order chi connectivity index (χ0) is 37.4. The summed E-state index contributed by atoms with van der Waals surface area (Å²) in [4.78, 5) is 10.4. The molecule has 1 aliphatic carbocycles. The first kappa shape index (κ1) is 32.3. The van der Waals surface area contributed by atoms with Crippen molar-refractivity contribution in [1.29, 1.82) is 0 Å². The van der Waals surface area contributed by atoms with Crippen LogP contribution in [0.25, 0.3) is 100.0 Å². The molecular weight excluding hydrogens is 681 g/mol. The number of para-hydroxylation sites is 2. The van der Waals surface area contributed by atoms with Crippen molar-refractivity contribution in [3.63, 3.8) is 0 Å². The highest BCUT2D eigenvalue weighted by Crippen LogP contribution is 2.53. The fraction of sp³-hybridized carbons (Fsp3) is 0.0566. The van der Waals surface area contributed by atoms with Gasteiger partial charge < -0.3 is 4.42 Å². The fourth-order valence-corrected chi connectivity index (χ4v) is 8.88. The topological polar surface area (TPSA) is 38.9 Å². The van der Waals surface area contributed by atoms with Gasteiger partial charge in [0.1, 0.15) is 11.2 Å². The van der Waals surface area contributed by atoms with Crippen LogP contribution in [-0.4, -0.2) is 9.97 Å². The molecule has 56 heavy (non-hydrogen) atoms. The van der Waals surface area contributed by atoms with E-state index in [-0.39, 0.29) is 5.41 Å². The van der Waals surface area contributed by atoms with Gasteiger partial charge in [0.2, 0.25) is 0 Å². The molecule has 0 N–H and O–H groups in total. The van der Waals surface area contributed by atoms with Crippen LogP contribution in [0.5, 0.6) is 0 Å². The molecule has 8 aromatic carbocycles. The van der Waals surface area contributed by atoms with Crippen LogP contribution in [0, 0.1) is 0 Å². The number of benzene rings is 8. The van der Waals surface area contributed by atoms with Crippen molar-refractivity contribution in [1.82, 2.24) is 9.97 Å². The van der Waals surface area contributed by atoms with Gasteiger partial charge in [-0.05, 0) is 74.0 Å². The molecule has 0 saturated heterocycles. The number of hydrogen-bond donors (Lipinski definition) is 0. The molecule has 0 radical (unpaired) electrons. The monoisotopic (exact) mass is 716 g/mol. The Morgan fingerprint density at radius 2 is 1.04 bits per heavy atom. The van der Waals surface area contributed by atoms with Gasteiger partial charge >= 0.3 is 0 Å². The van der Waals surface area contributed by atoms with E-state index < -0.39 is 0 Å². The summed E-state index contributed by atoms with van der Waals surface area (Å²) in [6, 6.07) is 64.6. The Balaban J connectivity index is 1.04. The van der Waals surface area contributed by atoms with Crippen LogP contribution < -0.4 is 0 Å². The number of furan rings is 1. The summed E-state index contributed by atoms with van der Waals surface area (Å²) in [7, 11) is 0. The number of hydrogen-bond acceptors (Lipinski definition) is 3. The quantitative estimate of drug-likeness (QED) is 0.178.